The van der Waals surface area contributed by atoms with Gasteiger partial charge in [0.25, 0.3) is 0 Å². The molecule has 4 N–H and O–H groups in total. The number of hydrogen-bond acceptors (Lipinski definition) is 6. The maximum Gasteiger partial charge on any atom is 0.242 e. The third kappa shape index (κ3) is 6.29. The average molecular weight is 295 g/mol. The third-order valence-corrected chi connectivity index (χ3v) is 2.45. The number of nitrogens with zero attached hydrogens (tertiary/aromatic N) is 2. The van der Waals surface area contributed by atoms with Crippen LogP contribution in [0.4, 0.5) is 11.5 Å². The Labute approximate surface area is 125 Å². The first-order chi connectivity index (χ1) is 9.83. The Balaban J connectivity index is 2.50. The minimum absolute atomic E-state index is 0.0231. The van der Waals surface area contributed by atoms with Gasteiger partial charge in [0.2, 0.25) is 11.8 Å². The molecule has 0 spiro atoms. The molecule has 1 aromatic rings. The van der Waals surface area contributed by atoms with Crippen LogP contribution in [0.5, 0.6) is 5.88 Å². The Kier molecular flexibility index (Phi) is 6.20. The zero-order chi connectivity index (χ0) is 15.9. The van der Waals surface area contributed by atoms with E-state index in [1.54, 1.807) is 0 Å². The van der Waals surface area contributed by atoms with Gasteiger partial charge in [0.1, 0.15) is 12.0 Å². The van der Waals surface area contributed by atoms with Crippen molar-refractivity contribution in [3.63, 3.8) is 0 Å². The van der Waals surface area contributed by atoms with Gasteiger partial charge in [0.15, 0.2) is 5.82 Å². The van der Waals surface area contributed by atoms with E-state index in [1.807, 2.05) is 27.7 Å². The smallest absolute Gasteiger partial charge is 0.242 e. The fourth-order valence-electron chi connectivity index (χ4n) is 1.61. The highest BCUT2D eigenvalue weighted by atomic mass is 16.5. The summed E-state index contributed by atoms with van der Waals surface area (Å²) in [5, 5.41) is 5.92. The van der Waals surface area contributed by atoms with Crippen molar-refractivity contribution >= 4 is 17.4 Å². The van der Waals surface area contributed by atoms with Crippen molar-refractivity contribution in [2.45, 2.75) is 46.1 Å². The van der Waals surface area contributed by atoms with Crippen molar-refractivity contribution in [2.24, 2.45) is 0 Å². The number of aromatic nitrogens is 2. The lowest BCUT2D eigenvalue weighted by Gasteiger charge is -2.20. The van der Waals surface area contributed by atoms with Crippen molar-refractivity contribution in [1.29, 1.82) is 0 Å². The summed E-state index contributed by atoms with van der Waals surface area (Å²) < 4.78 is 5.42. The molecule has 1 aromatic heterocycles. The molecule has 0 aliphatic carbocycles. The minimum atomic E-state index is -0.230. The van der Waals surface area contributed by atoms with Gasteiger partial charge in [-0.2, -0.15) is 4.98 Å². The number of rotatable bonds is 7. The number of hydrogen-bond donors (Lipinski definition) is 3. The standard InChI is InChI=1S/C14H25N5O2/c1-5-8-21-13-11(15)12(17-9-18-13)16-7-6-10(20)19-14(2,3)4/h9H,5-8,15H2,1-4H3,(H,19,20)(H,16,17,18). The zero-order valence-electron chi connectivity index (χ0n) is 13.2. The Morgan fingerprint density at radius 1 is 1.38 bits per heavy atom. The van der Waals surface area contributed by atoms with Crippen molar-refractivity contribution in [1.82, 2.24) is 15.3 Å². The van der Waals surface area contributed by atoms with Crippen molar-refractivity contribution in [3.05, 3.63) is 6.33 Å². The number of anilines is 2. The van der Waals surface area contributed by atoms with Crippen LogP contribution in [0.25, 0.3) is 0 Å². The summed E-state index contributed by atoms with van der Waals surface area (Å²) in [4.78, 5) is 19.8. The highest BCUT2D eigenvalue weighted by Crippen LogP contribution is 2.24. The maximum absolute atomic E-state index is 11.7. The molecule has 0 unspecified atom stereocenters. The van der Waals surface area contributed by atoms with Crippen LogP contribution in [0.2, 0.25) is 0 Å². The van der Waals surface area contributed by atoms with Crippen LogP contribution in [0.3, 0.4) is 0 Å². The minimum Gasteiger partial charge on any atom is -0.476 e. The lowest BCUT2D eigenvalue weighted by molar-refractivity contribution is -0.122. The Morgan fingerprint density at radius 3 is 2.71 bits per heavy atom. The number of nitrogens with one attached hydrogen (secondary N) is 2. The number of amides is 1. The normalized spacial score (nSPS) is 11.0. The Morgan fingerprint density at radius 2 is 2.10 bits per heavy atom. The van der Waals surface area contributed by atoms with Gasteiger partial charge in [-0.3, -0.25) is 4.79 Å². The van der Waals surface area contributed by atoms with E-state index in [2.05, 4.69) is 20.6 Å². The summed E-state index contributed by atoms with van der Waals surface area (Å²) >= 11 is 0. The lowest BCUT2D eigenvalue weighted by atomic mass is 10.1. The molecule has 0 fully saturated rings. The predicted molar refractivity (Wildman–Crippen MR) is 83.2 cm³/mol. The first-order valence-corrected chi connectivity index (χ1v) is 7.11. The van der Waals surface area contributed by atoms with Gasteiger partial charge in [-0.1, -0.05) is 6.92 Å². The van der Waals surface area contributed by atoms with Gasteiger partial charge < -0.3 is 21.1 Å². The first kappa shape index (κ1) is 17.0. The number of nitrogen functional groups attached to an aromatic ring is 1. The third-order valence-electron chi connectivity index (χ3n) is 2.45. The molecule has 0 aromatic carbocycles. The molecule has 21 heavy (non-hydrogen) atoms. The van der Waals surface area contributed by atoms with E-state index < -0.39 is 0 Å². The van der Waals surface area contributed by atoms with Crippen molar-refractivity contribution in [3.8, 4) is 5.88 Å². The monoisotopic (exact) mass is 295 g/mol. The van der Waals surface area contributed by atoms with Crippen LogP contribution in [0, 0.1) is 0 Å². The zero-order valence-corrected chi connectivity index (χ0v) is 13.2. The molecule has 7 nitrogen and oxygen atoms in total. The second-order valence-corrected chi connectivity index (χ2v) is 5.76. The second kappa shape index (κ2) is 7.66. The SMILES string of the molecule is CCCOc1ncnc(NCCC(=O)NC(C)(C)C)c1N. The van der Waals surface area contributed by atoms with E-state index in [1.165, 1.54) is 6.33 Å². The van der Waals surface area contributed by atoms with E-state index in [9.17, 15) is 4.79 Å². The van der Waals surface area contributed by atoms with E-state index in [0.29, 0.717) is 37.0 Å². The van der Waals surface area contributed by atoms with Crippen LogP contribution in [-0.4, -0.2) is 34.6 Å². The topological polar surface area (TPSA) is 102 Å². The van der Waals surface area contributed by atoms with Gasteiger partial charge in [0, 0.05) is 18.5 Å². The number of nitrogens with two attached hydrogens (primary N) is 1. The largest absolute Gasteiger partial charge is 0.476 e. The fourth-order valence-corrected chi connectivity index (χ4v) is 1.61. The van der Waals surface area contributed by atoms with Crippen LogP contribution >= 0.6 is 0 Å². The van der Waals surface area contributed by atoms with E-state index >= 15 is 0 Å². The van der Waals surface area contributed by atoms with E-state index in [0.717, 1.165) is 6.42 Å². The molecule has 0 bridgehead atoms. The Hall–Kier alpha value is -2.05. The maximum atomic E-state index is 11.7. The number of carbonyl (C=O) groups is 1. The summed E-state index contributed by atoms with van der Waals surface area (Å²) in [7, 11) is 0. The molecule has 0 atom stereocenters. The highest BCUT2D eigenvalue weighted by Gasteiger charge is 2.14. The molecule has 1 heterocycles. The summed E-state index contributed by atoms with van der Waals surface area (Å²) in [6.45, 7) is 8.82. The molecule has 0 aliphatic heterocycles. The van der Waals surface area contributed by atoms with Crippen LogP contribution in [0.1, 0.15) is 40.5 Å². The highest BCUT2D eigenvalue weighted by molar-refractivity contribution is 5.77. The van der Waals surface area contributed by atoms with Gasteiger partial charge in [-0.05, 0) is 27.2 Å². The molecule has 1 rings (SSSR count). The number of ether oxygens (including phenoxy) is 1. The molecule has 0 aliphatic rings. The first-order valence-electron chi connectivity index (χ1n) is 7.11. The summed E-state index contributed by atoms with van der Waals surface area (Å²) in [5.41, 5.74) is 6.06. The number of carbonyl (C=O) groups excluding carboxylic acids is 1. The second-order valence-electron chi connectivity index (χ2n) is 5.76. The fraction of sp³-hybridized carbons (Fsp3) is 0.643. The molecule has 7 heteroatoms. The summed E-state index contributed by atoms with van der Waals surface area (Å²) in [6.07, 6.45) is 2.60. The summed E-state index contributed by atoms with van der Waals surface area (Å²) in [6, 6.07) is 0. The van der Waals surface area contributed by atoms with Crippen LogP contribution in [-0.2, 0) is 4.79 Å². The van der Waals surface area contributed by atoms with E-state index in [4.69, 9.17) is 10.5 Å². The predicted octanol–water partition coefficient (Wildman–Crippen LogP) is 1.56. The van der Waals surface area contributed by atoms with Gasteiger partial charge in [-0.15, -0.1) is 0 Å². The molecular weight excluding hydrogens is 270 g/mol. The van der Waals surface area contributed by atoms with Gasteiger partial charge in [0.05, 0.1) is 6.61 Å². The molecule has 0 saturated heterocycles. The lowest BCUT2D eigenvalue weighted by Crippen LogP contribution is -2.41. The molecule has 0 radical (unpaired) electrons. The van der Waals surface area contributed by atoms with Gasteiger partial charge in [-0.25, -0.2) is 4.98 Å². The van der Waals surface area contributed by atoms with Gasteiger partial charge >= 0.3 is 0 Å². The van der Waals surface area contributed by atoms with E-state index in [-0.39, 0.29) is 11.4 Å². The van der Waals surface area contributed by atoms with Crippen LogP contribution in [0.15, 0.2) is 6.33 Å². The molecule has 1 amide bonds. The molecular formula is C14H25N5O2. The van der Waals surface area contributed by atoms with Crippen molar-refractivity contribution in [2.75, 3.05) is 24.2 Å². The quantitative estimate of drug-likeness (QED) is 0.705. The molecule has 118 valence electrons. The summed E-state index contributed by atoms with van der Waals surface area (Å²) in [5.74, 6) is 0.832. The molecule has 0 saturated carbocycles. The Bertz CT molecular complexity index is 471. The van der Waals surface area contributed by atoms with Crippen molar-refractivity contribution < 1.29 is 9.53 Å². The van der Waals surface area contributed by atoms with Crippen LogP contribution < -0.4 is 21.1 Å². The average Bonchev–Trinajstić information content (AvgIpc) is 2.37.